The van der Waals surface area contributed by atoms with Crippen molar-refractivity contribution in [2.24, 2.45) is 0 Å². The molecule has 2 saturated heterocycles. The van der Waals surface area contributed by atoms with Crippen molar-refractivity contribution in [1.29, 1.82) is 0 Å². The number of piperazine rings is 1. The molecule has 9 heteroatoms. The maximum absolute atomic E-state index is 13.2. The minimum atomic E-state index is -0.507. The first-order valence-corrected chi connectivity index (χ1v) is 14.8. The van der Waals surface area contributed by atoms with Crippen molar-refractivity contribution in [3.8, 4) is 17.4 Å². The van der Waals surface area contributed by atoms with Crippen LogP contribution in [0.5, 0.6) is 5.88 Å². The van der Waals surface area contributed by atoms with Crippen LogP contribution in [0, 0.1) is 0 Å². The van der Waals surface area contributed by atoms with Gasteiger partial charge in [0, 0.05) is 49.3 Å². The number of hydrogen-bond acceptors (Lipinski definition) is 9. The number of likely N-dealkylation sites (N-methyl/N-ethyl adjacent to an activating group) is 1. The average Bonchev–Trinajstić information content (AvgIpc) is 3.30. The third kappa shape index (κ3) is 4.13. The molecule has 204 valence electrons. The third-order valence-corrected chi connectivity index (χ3v) is 9.92. The summed E-state index contributed by atoms with van der Waals surface area (Å²) in [5, 5.41) is 8.24. The Labute approximate surface area is 224 Å². The van der Waals surface area contributed by atoms with Crippen molar-refractivity contribution in [3.63, 3.8) is 0 Å². The van der Waals surface area contributed by atoms with Crippen molar-refractivity contribution < 1.29 is 14.1 Å². The summed E-state index contributed by atoms with van der Waals surface area (Å²) in [5.74, 6) is 3.13. The van der Waals surface area contributed by atoms with Gasteiger partial charge in [-0.05, 0) is 78.3 Å². The number of carbonyl (C=O) groups excluding carboxylic acids is 1. The molecule has 4 heterocycles. The molecular formula is C29H40N6O3. The lowest BCUT2D eigenvalue weighted by Crippen LogP contribution is -2.52. The van der Waals surface area contributed by atoms with E-state index in [0.717, 1.165) is 88.3 Å². The highest BCUT2D eigenvalue weighted by atomic mass is 16.5. The smallest absolute Gasteiger partial charge is 0.219 e. The molecule has 0 bridgehead atoms. The van der Waals surface area contributed by atoms with Crippen molar-refractivity contribution in [1.82, 2.24) is 25.3 Å². The van der Waals surface area contributed by atoms with Crippen LogP contribution in [0.3, 0.4) is 0 Å². The first kappa shape index (κ1) is 24.5. The summed E-state index contributed by atoms with van der Waals surface area (Å²) >= 11 is 0. The number of nitrogens with one attached hydrogen (secondary N) is 1. The zero-order chi connectivity index (χ0) is 25.9. The van der Waals surface area contributed by atoms with Crippen molar-refractivity contribution in [2.45, 2.75) is 101 Å². The van der Waals surface area contributed by atoms with Gasteiger partial charge in [-0.15, -0.1) is 0 Å². The lowest BCUT2D eigenvalue weighted by molar-refractivity contribution is -0.128. The lowest BCUT2D eigenvalue weighted by atomic mass is 9.64. The zero-order valence-electron chi connectivity index (χ0n) is 22.8. The van der Waals surface area contributed by atoms with Gasteiger partial charge in [-0.25, -0.2) is 4.98 Å². The molecule has 4 fully saturated rings. The standard InChI is InChI=1S/C29H40N6O3/c1-19(21-8-6-15-34(21)2)37-24-17-23(35-16-14-30-28(18-35)12-13-28)31-27(32-24)25-20-7-5-11-29(26(20)38-33-25)10-4-3-9-22(29)36/h17,19,21,30H,3-16,18H2,1-2H3/t19-,21-,29+/m0/s1. The van der Waals surface area contributed by atoms with Gasteiger partial charge in [0.1, 0.15) is 17.7 Å². The first-order chi connectivity index (χ1) is 18.5. The summed E-state index contributed by atoms with van der Waals surface area (Å²) in [6.07, 6.45) is 11.0. The number of ether oxygens (including phenoxy) is 1. The first-order valence-electron chi connectivity index (χ1n) is 14.8. The van der Waals surface area contributed by atoms with Crippen LogP contribution >= 0.6 is 0 Å². The molecule has 2 aromatic heterocycles. The van der Waals surface area contributed by atoms with Crippen molar-refractivity contribution in [3.05, 3.63) is 17.4 Å². The number of hydrogen-bond donors (Lipinski definition) is 1. The fourth-order valence-electron chi connectivity index (χ4n) is 7.55. The molecule has 2 saturated carbocycles. The molecular weight excluding hydrogens is 480 g/mol. The number of likely N-dealkylation sites (tertiary alicyclic amines) is 1. The van der Waals surface area contributed by atoms with E-state index < -0.39 is 5.41 Å². The van der Waals surface area contributed by atoms with Gasteiger partial charge >= 0.3 is 0 Å². The summed E-state index contributed by atoms with van der Waals surface area (Å²) < 4.78 is 12.6. The molecule has 3 aliphatic carbocycles. The summed E-state index contributed by atoms with van der Waals surface area (Å²) in [7, 11) is 2.17. The number of fused-ring (bicyclic) bond motifs is 2. The molecule has 3 atom stereocenters. The average molecular weight is 521 g/mol. The Morgan fingerprint density at radius 3 is 2.76 bits per heavy atom. The molecule has 2 spiro atoms. The SMILES string of the molecule is C[C@H](Oc1cc(N2CCNC3(CC3)C2)nc(-c2noc3c2CCC[C@@]32CCCCC2=O)n1)[C@@H]1CCCN1C. The molecule has 2 aromatic rings. The Bertz CT molecular complexity index is 1220. The predicted molar refractivity (Wildman–Crippen MR) is 144 cm³/mol. The molecule has 5 aliphatic rings. The summed E-state index contributed by atoms with van der Waals surface area (Å²) in [6.45, 7) is 6.04. The fourth-order valence-corrected chi connectivity index (χ4v) is 7.55. The Morgan fingerprint density at radius 2 is 1.97 bits per heavy atom. The van der Waals surface area contributed by atoms with E-state index in [9.17, 15) is 4.79 Å². The second-order valence-electron chi connectivity index (χ2n) is 12.4. The minimum Gasteiger partial charge on any atom is -0.473 e. The van der Waals surface area contributed by atoms with Crippen LogP contribution in [0.4, 0.5) is 5.82 Å². The Morgan fingerprint density at radius 1 is 1.11 bits per heavy atom. The lowest BCUT2D eigenvalue weighted by Gasteiger charge is -2.36. The van der Waals surface area contributed by atoms with Crippen LogP contribution in [0.1, 0.15) is 82.5 Å². The number of Topliss-reactive ketones (excluding diaryl/α,β-unsaturated/α-hetero) is 1. The summed E-state index contributed by atoms with van der Waals surface area (Å²) in [6, 6.07) is 2.39. The van der Waals surface area contributed by atoms with E-state index in [-0.39, 0.29) is 11.6 Å². The van der Waals surface area contributed by atoms with Crippen molar-refractivity contribution >= 4 is 11.6 Å². The van der Waals surface area contributed by atoms with Gasteiger partial charge in [-0.1, -0.05) is 11.6 Å². The largest absolute Gasteiger partial charge is 0.473 e. The van der Waals surface area contributed by atoms with Crippen LogP contribution in [0.2, 0.25) is 0 Å². The highest BCUT2D eigenvalue weighted by Crippen LogP contribution is 2.48. The molecule has 9 nitrogen and oxygen atoms in total. The van der Waals surface area contributed by atoms with Gasteiger partial charge in [-0.2, -0.15) is 4.98 Å². The monoisotopic (exact) mass is 520 g/mol. The van der Waals surface area contributed by atoms with E-state index >= 15 is 0 Å². The maximum Gasteiger partial charge on any atom is 0.219 e. The number of anilines is 1. The fraction of sp³-hybridized carbons (Fsp3) is 0.724. The van der Waals surface area contributed by atoms with E-state index in [4.69, 9.17) is 19.2 Å². The molecule has 7 rings (SSSR count). The van der Waals surface area contributed by atoms with Crippen LogP contribution in [-0.4, -0.2) is 76.7 Å². The summed E-state index contributed by atoms with van der Waals surface area (Å²) in [5.41, 5.74) is 1.43. The molecule has 0 aromatic carbocycles. The van der Waals surface area contributed by atoms with Gasteiger partial charge in [0.2, 0.25) is 5.88 Å². The third-order valence-electron chi connectivity index (χ3n) is 9.92. The Balaban J connectivity index is 1.26. The van der Waals surface area contributed by atoms with Crippen LogP contribution in [0.15, 0.2) is 10.6 Å². The second-order valence-corrected chi connectivity index (χ2v) is 12.4. The number of aromatic nitrogens is 3. The van der Waals surface area contributed by atoms with Crippen LogP contribution < -0.4 is 15.0 Å². The predicted octanol–water partition coefficient (Wildman–Crippen LogP) is 3.65. The van der Waals surface area contributed by atoms with Gasteiger partial charge in [-0.3, -0.25) is 9.69 Å². The molecule has 38 heavy (non-hydrogen) atoms. The minimum absolute atomic E-state index is 0.0188. The van der Waals surface area contributed by atoms with Crippen LogP contribution in [0.25, 0.3) is 11.5 Å². The second kappa shape index (κ2) is 9.30. The quantitative estimate of drug-likeness (QED) is 0.634. The molecule has 1 N–H and O–H groups in total. The number of nitrogens with zero attached hydrogens (tertiary/aromatic N) is 5. The van der Waals surface area contributed by atoms with Gasteiger partial charge in [0.15, 0.2) is 17.3 Å². The topological polar surface area (TPSA) is 96.6 Å². The van der Waals surface area contributed by atoms with E-state index in [1.807, 2.05) is 6.07 Å². The Hall–Kier alpha value is -2.52. The zero-order valence-corrected chi connectivity index (χ0v) is 22.8. The maximum atomic E-state index is 13.2. The summed E-state index contributed by atoms with van der Waals surface area (Å²) in [4.78, 5) is 27.9. The van der Waals surface area contributed by atoms with Crippen LogP contribution in [-0.2, 0) is 16.6 Å². The highest BCUT2D eigenvalue weighted by molar-refractivity contribution is 5.91. The molecule has 2 aliphatic heterocycles. The van der Waals surface area contributed by atoms with Gasteiger partial charge in [0.05, 0.1) is 5.41 Å². The van der Waals surface area contributed by atoms with Crippen molar-refractivity contribution in [2.75, 3.05) is 38.1 Å². The number of carbonyl (C=O) groups is 1. The van der Waals surface area contributed by atoms with E-state index in [1.165, 1.54) is 19.3 Å². The van der Waals surface area contributed by atoms with Gasteiger partial charge in [0.25, 0.3) is 0 Å². The number of ketones is 1. The Kier molecular flexibility index (Phi) is 6.00. The highest BCUT2D eigenvalue weighted by Gasteiger charge is 2.49. The number of rotatable bonds is 5. The van der Waals surface area contributed by atoms with E-state index in [2.05, 4.69) is 34.2 Å². The molecule has 0 amide bonds. The molecule has 0 radical (unpaired) electrons. The van der Waals surface area contributed by atoms with Gasteiger partial charge < -0.3 is 19.5 Å². The van der Waals surface area contributed by atoms with E-state index in [0.29, 0.717) is 35.6 Å². The molecule has 0 unspecified atom stereocenters. The van der Waals surface area contributed by atoms with E-state index in [1.54, 1.807) is 0 Å². The normalized spacial score (nSPS) is 29.6.